The topological polar surface area (TPSA) is 81.5 Å². The summed E-state index contributed by atoms with van der Waals surface area (Å²) in [5.41, 5.74) is 1.42. The molecular formula is C26H27FN4O2. The average Bonchev–Trinajstić information content (AvgIpc) is 2.85. The molecule has 2 unspecified atom stereocenters. The molecule has 7 heteroatoms. The summed E-state index contributed by atoms with van der Waals surface area (Å²) in [4.78, 5) is 5.86. The van der Waals surface area contributed by atoms with Crippen LogP contribution < -0.4 is 10.1 Å². The van der Waals surface area contributed by atoms with Crippen LogP contribution in [0.25, 0.3) is 0 Å². The number of para-hydroxylation sites is 1. The summed E-state index contributed by atoms with van der Waals surface area (Å²) >= 11 is 0. The summed E-state index contributed by atoms with van der Waals surface area (Å²) in [5, 5.41) is 22.0. The van der Waals surface area contributed by atoms with Crippen LogP contribution in [-0.4, -0.2) is 46.1 Å². The number of halogens is 1. The van der Waals surface area contributed by atoms with E-state index in [1.807, 2.05) is 35.2 Å². The van der Waals surface area contributed by atoms with Gasteiger partial charge in [-0.3, -0.25) is 15.3 Å². The lowest BCUT2D eigenvalue weighted by molar-refractivity contribution is 0.0251. The van der Waals surface area contributed by atoms with E-state index in [0.29, 0.717) is 23.4 Å². The Kier molecular flexibility index (Phi) is 7.12. The number of nitrogens with one attached hydrogen (secondary N) is 2. The maximum Gasteiger partial charge on any atom is 0.165 e. The molecule has 0 radical (unpaired) electrons. The maximum absolute atomic E-state index is 14.8. The molecule has 1 fully saturated rings. The molecule has 2 aromatic carbocycles. The molecule has 170 valence electrons. The fraction of sp³-hybridized carbons (Fsp3) is 0.231. The first-order valence-corrected chi connectivity index (χ1v) is 10.9. The van der Waals surface area contributed by atoms with Crippen molar-refractivity contribution < 1.29 is 14.2 Å². The van der Waals surface area contributed by atoms with Gasteiger partial charge in [-0.25, -0.2) is 4.39 Å². The van der Waals surface area contributed by atoms with Crippen molar-refractivity contribution in [1.29, 1.82) is 5.41 Å². The van der Waals surface area contributed by atoms with Crippen molar-refractivity contribution in [2.75, 3.05) is 18.4 Å². The first-order valence-electron chi connectivity index (χ1n) is 10.9. The van der Waals surface area contributed by atoms with Crippen molar-refractivity contribution in [3.05, 3.63) is 96.6 Å². The van der Waals surface area contributed by atoms with Gasteiger partial charge in [-0.05, 0) is 55.3 Å². The van der Waals surface area contributed by atoms with Gasteiger partial charge in [-0.15, -0.1) is 0 Å². The molecule has 2 atom stereocenters. The third kappa shape index (κ3) is 5.45. The molecule has 3 N–H and O–H groups in total. The summed E-state index contributed by atoms with van der Waals surface area (Å²) in [5.74, 6) is 0.864. The predicted molar refractivity (Wildman–Crippen MR) is 128 cm³/mol. The van der Waals surface area contributed by atoms with Gasteiger partial charge in [-0.1, -0.05) is 24.8 Å². The fourth-order valence-corrected chi connectivity index (χ4v) is 3.96. The molecule has 6 nitrogen and oxygen atoms in total. The van der Waals surface area contributed by atoms with Crippen LogP contribution in [0, 0.1) is 11.2 Å². The van der Waals surface area contributed by atoms with Crippen LogP contribution in [0.3, 0.4) is 0 Å². The Morgan fingerprint density at radius 2 is 1.91 bits per heavy atom. The Balaban J connectivity index is 1.51. The number of ether oxygens (including phenoxy) is 1. The molecule has 1 aliphatic heterocycles. The van der Waals surface area contributed by atoms with Crippen LogP contribution >= 0.6 is 0 Å². The number of piperidine rings is 1. The van der Waals surface area contributed by atoms with Crippen molar-refractivity contribution in [1.82, 2.24) is 9.88 Å². The van der Waals surface area contributed by atoms with E-state index in [2.05, 4.69) is 16.9 Å². The lowest BCUT2D eigenvalue weighted by Crippen LogP contribution is -2.46. The van der Waals surface area contributed by atoms with Gasteiger partial charge in [0.2, 0.25) is 0 Å². The first-order chi connectivity index (χ1) is 16.0. The number of aliphatic hydroxyl groups excluding tert-OH is 1. The molecular weight excluding hydrogens is 419 g/mol. The summed E-state index contributed by atoms with van der Waals surface area (Å²) in [6.45, 7) is 4.95. The smallest absolute Gasteiger partial charge is 0.165 e. The zero-order chi connectivity index (χ0) is 23.2. The number of hydrogen-bond acceptors (Lipinski definition) is 6. The zero-order valence-electron chi connectivity index (χ0n) is 18.2. The minimum absolute atomic E-state index is 0.0709. The number of likely N-dealkylation sites (tertiary alicyclic amines) is 1. The van der Waals surface area contributed by atoms with E-state index in [-0.39, 0.29) is 17.4 Å². The molecule has 3 aromatic rings. The molecule has 4 rings (SSSR count). The van der Waals surface area contributed by atoms with Gasteiger partial charge in [0, 0.05) is 36.5 Å². The molecule has 0 amide bonds. The standard InChI is InChI=1S/C26H27FN4O2/c1-2-24(32)31-14-6-7-19(17-31)30-26-22(15-29-16-23(26)27)25(28)18-10-12-21(13-11-18)33-20-8-4-3-5-9-20/h2-5,8-13,15-16,19,24,28,32H,1,6-7,14,17H2,(H,29,30). The molecule has 33 heavy (non-hydrogen) atoms. The molecule has 0 spiro atoms. The van der Waals surface area contributed by atoms with Crippen LogP contribution in [0.5, 0.6) is 11.5 Å². The second-order valence-electron chi connectivity index (χ2n) is 7.99. The van der Waals surface area contributed by atoms with Gasteiger partial charge >= 0.3 is 0 Å². The quantitative estimate of drug-likeness (QED) is 0.342. The predicted octanol–water partition coefficient (Wildman–Crippen LogP) is 4.81. The highest BCUT2D eigenvalue weighted by molar-refractivity contribution is 6.14. The monoisotopic (exact) mass is 446 g/mol. The van der Waals surface area contributed by atoms with Gasteiger partial charge in [0.1, 0.15) is 17.7 Å². The molecule has 0 aliphatic carbocycles. The van der Waals surface area contributed by atoms with Gasteiger partial charge < -0.3 is 15.2 Å². The third-order valence-corrected chi connectivity index (χ3v) is 5.68. The number of aliphatic hydroxyl groups is 1. The first kappa shape index (κ1) is 22.6. The van der Waals surface area contributed by atoms with Crippen molar-refractivity contribution in [2.45, 2.75) is 25.1 Å². The highest BCUT2D eigenvalue weighted by Crippen LogP contribution is 2.27. The highest BCUT2D eigenvalue weighted by Gasteiger charge is 2.25. The minimum Gasteiger partial charge on any atom is -0.457 e. The number of pyridine rings is 1. The molecule has 1 aromatic heterocycles. The zero-order valence-corrected chi connectivity index (χ0v) is 18.2. The average molecular weight is 447 g/mol. The third-order valence-electron chi connectivity index (χ3n) is 5.68. The number of anilines is 1. The van der Waals surface area contributed by atoms with E-state index < -0.39 is 12.0 Å². The largest absolute Gasteiger partial charge is 0.457 e. The lowest BCUT2D eigenvalue weighted by Gasteiger charge is -2.35. The Bertz CT molecular complexity index is 1110. The van der Waals surface area contributed by atoms with Gasteiger partial charge in [-0.2, -0.15) is 0 Å². The van der Waals surface area contributed by atoms with Crippen molar-refractivity contribution in [3.8, 4) is 11.5 Å². The molecule has 1 aliphatic rings. The Morgan fingerprint density at radius 1 is 1.18 bits per heavy atom. The van der Waals surface area contributed by atoms with Crippen LogP contribution in [0.1, 0.15) is 24.0 Å². The van der Waals surface area contributed by atoms with E-state index in [1.54, 1.807) is 24.3 Å². The van der Waals surface area contributed by atoms with E-state index >= 15 is 0 Å². The highest BCUT2D eigenvalue weighted by atomic mass is 19.1. The molecule has 0 bridgehead atoms. The normalized spacial score (nSPS) is 17.2. The van der Waals surface area contributed by atoms with Crippen molar-refractivity contribution >= 4 is 11.4 Å². The number of nitrogens with zero attached hydrogens (tertiary/aromatic N) is 2. The van der Waals surface area contributed by atoms with Gasteiger partial charge in [0.05, 0.1) is 17.6 Å². The molecule has 1 saturated heterocycles. The Morgan fingerprint density at radius 3 is 2.64 bits per heavy atom. The minimum atomic E-state index is -0.730. The second-order valence-corrected chi connectivity index (χ2v) is 7.99. The summed E-state index contributed by atoms with van der Waals surface area (Å²) in [6.07, 6.45) is 5.11. The van der Waals surface area contributed by atoms with E-state index in [1.165, 1.54) is 12.3 Å². The molecule has 2 heterocycles. The van der Waals surface area contributed by atoms with Crippen LogP contribution in [-0.2, 0) is 0 Å². The van der Waals surface area contributed by atoms with Crippen molar-refractivity contribution in [2.24, 2.45) is 0 Å². The van der Waals surface area contributed by atoms with Gasteiger partial charge in [0.25, 0.3) is 0 Å². The van der Waals surface area contributed by atoms with E-state index in [9.17, 15) is 9.50 Å². The van der Waals surface area contributed by atoms with Crippen LogP contribution in [0.2, 0.25) is 0 Å². The SMILES string of the molecule is C=CC(O)N1CCCC(Nc2c(F)cncc2C(=N)c2ccc(Oc3ccccc3)cc2)C1. The van der Waals surface area contributed by atoms with Crippen molar-refractivity contribution in [3.63, 3.8) is 0 Å². The van der Waals surface area contributed by atoms with E-state index in [4.69, 9.17) is 10.1 Å². The van der Waals surface area contributed by atoms with Crippen LogP contribution in [0.15, 0.2) is 79.6 Å². The van der Waals surface area contributed by atoms with E-state index in [0.717, 1.165) is 31.3 Å². The number of aromatic nitrogens is 1. The number of rotatable bonds is 8. The summed E-state index contributed by atoms with van der Waals surface area (Å²) < 4.78 is 20.6. The van der Waals surface area contributed by atoms with Gasteiger partial charge in [0.15, 0.2) is 5.82 Å². The van der Waals surface area contributed by atoms with Crippen LogP contribution in [0.4, 0.5) is 10.1 Å². The second kappa shape index (κ2) is 10.4. The number of benzene rings is 2. The Labute approximate surface area is 192 Å². The molecule has 0 saturated carbocycles. The summed E-state index contributed by atoms with van der Waals surface area (Å²) in [6, 6.07) is 16.5. The fourth-order valence-electron chi connectivity index (χ4n) is 3.96. The Hall–Kier alpha value is -3.55. The summed E-state index contributed by atoms with van der Waals surface area (Å²) in [7, 11) is 0. The lowest BCUT2D eigenvalue weighted by atomic mass is 10.00. The number of hydrogen-bond donors (Lipinski definition) is 3. The maximum atomic E-state index is 14.8.